The fraction of sp³-hybridized carbons (Fsp3) is 0.267. The Labute approximate surface area is 137 Å². The van der Waals surface area contributed by atoms with E-state index in [4.69, 9.17) is 11.6 Å². The monoisotopic (exact) mass is 341 g/mol. The average molecular weight is 342 g/mol. The number of thioether (sulfide) groups is 1. The fourth-order valence-electron chi connectivity index (χ4n) is 1.67. The summed E-state index contributed by atoms with van der Waals surface area (Å²) in [6, 6.07) is 11.1. The summed E-state index contributed by atoms with van der Waals surface area (Å²) in [6.45, 7) is 1.90. The standard InChI is InChI=1S/C15H16ClNO2S2/c1-15(19,13-3-2-8-20-13)10-17-14(18)9-21-12-6-4-11(16)5-7-12/h2-8,19H,9-10H2,1H3,(H,17,18). The third kappa shape index (κ3) is 5.04. The first-order valence-corrected chi connectivity index (χ1v) is 8.63. The molecule has 0 bridgehead atoms. The van der Waals surface area contributed by atoms with E-state index >= 15 is 0 Å². The Balaban J connectivity index is 1.78. The predicted octanol–water partition coefficient (Wildman–Crippen LogP) is 3.52. The van der Waals surface area contributed by atoms with Gasteiger partial charge in [0.25, 0.3) is 0 Å². The van der Waals surface area contributed by atoms with Gasteiger partial charge in [0.05, 0.1) is 12.3 Å². The molecule has 0 fully saturated rings. The number of nitrogens with one attached hydrogen (secondary N) is 1. The predicted molar refractivity (Wildman–Crippen MR) is 89.1 cm³/mol. The quantitative estimate of drug-likeness (QED) is 0.790. The Hall–Kier alpha value is -1.01. The first kappa shape index (κ1) is 16.4. The second-order valence-corrected chi connectivity index (χ2v) is 7.20. The largest absolute Gasteiger partial charge is 0.383 e. The number of hydrogen-bond acceptors (Lipinski definition) is 4. The van der Waals surface area contributed by atoms with Gasteiger partial charge in [0, 0.05) is 14.8 Å². The second kappa shape index (κ2) is 7.31. The van der Waals surface area contributed by atoms with Crippen molar-refractivity contribution in [2.24, 2.45) is 0 Å². The van der Waals surface area contributed by atoms with Crippen LogP contribution in [0.15, 0.2) is 46.7 Å². The van der Waals surface area contributed by atoms with Crippen molar-refractivity contribution in [3.05, 3.63) is 51.7 Å². The molecule has 0 radical (unpaired) electrons. The Morgan fingerprint density at radius 3 is 2.71 bits per heavy atom. The van der Waals surface area contributed by atoms with Crippen molar-refractivity contribution in [2.75, 3.05) is 12.3 Å². The lowest BCUT2D eigenvalue weighted by Crippen LogP contribution is -2.38. The smallest absolute Gasteiger partial charge is 0.230 e. The van der Waals surface area contributed by atoms with Gasteiger partial charge in [0.2, 0.25) is 5.91 Å². The lowest BCUT2D eigenvalue weighted by Gasteiger charge is -2.22. The summed E-state index contributed by atoms with van der Waals surface area (Å²) >= 11 is 8.72. The van der Waals surface area contributed by atoms with Gasteiger partial charge >= 0.3 is 0 Å². The molecule has 2 rings (SSSR count). The van der Waals surface area contributed by atoms with Gasteiger partial charge in [0.1, 0.15) is 5.60 Å². The van der Waals surface area contributed by atoms with E-state index in [9.17, 15) is 9.90 Å². The number of hydrogen-bond donors (Lipinski definition) is 2. The molecule has 2 N–H and O–H groups in total. The molecular formula is C15H16ClNO2S2. The van der Waals surface area contributed by atoms with E-state index in [2.05, 4.69) is 5.32 Å². The number of amides is 1. The highest BCUT2D eigenvalue weighted by Crippen LogP contribution is 2.24. The van der Waals surface area contributed by atoms with Gasteiger partial charge in [-0.1, -0.05) is 17.7 Å². The molecule has 112 valence electrons. The highest BCUT2D eigenvalue weighted by molar-refractivity contribution is 8.00. The summed E-state index contributed by atoms with van der Waals surface area (Å²) in [7, 11) is 0. The van der Waals surface area contributed by atoms with Crippen LogP contribution in [-0.4, -0.2) is 23.3 Å². The summed E-state index contributed by atoms with van der Waals surface area (Å²) in [5.41, 5.74) is -1.03. The maximum Gasteiger partial charge on any atom is 0.230 e. The van der Waals surface area contributed by atoms with Crippen LogP contribution >= 0.6 is 34.7 Å². The van der Waals surface area contributed by atoms with E-state index in [1.807, 2.05) is 29.6 Å². The molecule has 1 amide bonds. The molecule has 6 heteroatoms. The summed E-state index contributed by atoms with van der Waals surface area (Å²) < 4.78 is 0. The van der Waals surface area contributed by atoms with Gasteiger partial charge in [0.15, 0.2) is 0 Å². The summed E-state index contributed by atoms with van der Waals surface area (Å²) in [6.07, 6.45) is 0. The average Bonchev–Trinajstić information content (AvgIpc) is 3.00. The number of thiophene rings is 1. The molecule has 1 aromatic carbocycles. The highest BCUT2D eigenvalue weighted by Gasteiger charge is 2.24. The minimum Gasteiger partial charge on any atom is -0.383 e. The molecule has 3 nitrogen and oxygen atoms in total. The third-order valence-electron chi connectivity index (χ3n) is 2.87. The number of rotatable bonds is 6. The summed E-state index contributed by atoms with van der Waals surface area (Å²) in [5.74, 6) is 0.203. The Morgan fingerprint density at radius 2 is 2.10 bits per heavy atom. The Kier molecular flexibility index (Phi) is 5.70. The molecule has 21 heavy (non-hydrogen) atoms. The molecular weight excluding hydrogens is 326 g/mol. The molecule has 1 unspecified atom stereocenters. The van der Waals surface area contributed by atoms with Gasteiger partial charge in [-0.15, -0.1) is 23.1 Å². The number of halogens is 1. The van der Waals surface area contributed by atoms with Gasteiger partial charge in [-0.25, -0.2) is 0 Å². The Morgan fingerprint density at radius 1 is 1.38 bits per heavy atom. The van der Waals surface area contributed by atoms with Crippen LogP contribution in [0.5, 0.6) is 0 Å². The van der Waals surface area contributed by atoms with Gasteiger partial charge < -0.3 is 10.4 Å². The lowest BCUT2D eigenvalue weighted by molar-refractivity contribution is -0.119. The van der Waals surface area contributed by atoms with Crippen molar-refractivity contribution >= 4 is 40.6 Å². The lowest BCUT2D eigenvalue weighted by atomic mass is 10.1. The normalized spacial score (nSPS) is 13.7. The van der Waals surface area contributed by atoms with Crippen LogP contribution in [-0.2, 0) is 10.4 Å². The Bertz CT molecular complexity index is 582. The van der Waals surface area contributed by atoms with Crippen molar-refractivity contribution < 1.29 is 9.90 Å². The fourth-order valence-corrected chi connectivity index (χ4v) is 3.31. The van der Waals surface area contributed by atoms with Crippen LogP contribution in [0.25, 0.3) is 0 Å². The molecule has 1 heterocycles. The number of aliphatic hydroxyl groups is 1. The van der Waals surface area contributed by atoms with E-state index in [1.54, 1.807) is 19.1 Å². The minimum absolute atomic E-state index is 0.105. The molecule has 0 aliphatic rings. The van der Waals surface area contributed by atoms with Crippen LogP contribution in [0.4, 0.5) is 0 Å². The zero-order chi connectivity index (χ0) is 15.3. The highest BCUT2D eigenvalue weighted by atomic mass is 35.5. The molecule has 0 spiro atoms. The van der Waals surface area contributed by atoms with Crippen LogP contribution in [0.2, 0.25) is 5.02 Å². The topological polar surface area (TPSA) is 49.3 Å². The van der Waals surface area contributed by atoms with Gasteiger partial charge in [-0.3, -0.25) is 4.79 Å². The molecule has 1 atom stereocenters. The number of carbonyl (C=O) groups excluding carboxylic acids is 1. The van der Waals surface area contributed by atoms with Crippen LogP contribution in [0.1, 0.15) is 11.8 Å². The molecule has 0 saturated heterocycles. The van der Waals surface area contributed by atoms with Crippen LogP contribution in [0, 0.1) is 0 Å². The third-order valence-corrected chi connectivity index (χ3v) is 5.25. The van der Waals surface area contributed by atoms with E-state index in [0.717, 1.165) is 9.77 Å². The van der Waals surface area contributed by atoms with Crippen molar-refractivity contribution in [3.63, 3.8) is 0 Å². The maximum atomic E-state index is 11.8. The van der Waals surface area contributed by atoms with Crippen LogP contribution in [0.3, 0.4) is 0 Å². The minimum atomic E-state index is -1.03. The van der Waals surface area contributed by atoms with E-state index in [-0.39, 0.29) is 12.5 Å². The summed E-state index contributed by atoms with van der Waals surface area (Å²) in [4.78, 5) is 13.7. The first-order chi connectivity index (χ1) is 9.97. The molecule has 0 aliphatic heterocycles. The molecule has 0 aliphatic carbocycles. The van der Waals surface area contributed by atoms with Crippen molar-refractivity contribution in [1.82, 2.24) is 5.32 Å². The van der Waals surface area contributed by atoms with Crippen molar-refractivity contribution in [3.8, 4) is 0 Å². The van der Waals surface area contributed by atoms with Crippen molar-refractivity contribution in [2.45, 2.75) is 17.4 Å². The second-order valence-electron chi connectivity index (χ2n) is 4.77. The summed E-state index contributed by atoms with van der Waals surface area (Å²) in [5, 5.41) is 15.7. The zero-order valence-corrected chi connectivity index (χ0v) is 13.9. The number of carbonyl (C=O) groups is 1. The van der Waals surface area contributed by atoms with E-state index < -0.39 is 5.60 Å². The van der Waals surface area contributed by atoms with Crippen LogP contribution < -0.4 is 5.32 Å². The zero-order valence-electron chi connectivity index (χ0n) is 11.5. The number of benzene rings is 1. The molecule has 1 aromatic heterocycles. The molecule has 2 aromatic rings. The van der Waals surface area contributed by atoms with E-state index in [1.165, 1.54) is 23.1 Å². The van der Waals surface area contributed by atoms with Crippen molar-refractivity contribution in [1.29, 1.82) is 0 Å². The van der Waals surface area contributed by atoms with Gasteiger partial charge in [-0.2, -0.15) is 0 Å². The van der Waals surface area contributed by atoms with Gasteiger partial charge in [-0.05, 0) is 42.6 Å². The SMILES string of the molecule is CC(O)(CNC(=O)CSc1ccc(Cl)cc1)c1cccs1. The first-order valence-electron chi connectivity index (χ1n) is 6.39. The van der Waals surface area contributed by atoms with E-state index in [0.29, 0.717) is 10.8 Å². The molecule has 0 saturated carbocycles. The maximum absolute atomic E-state index is 11.8.